The lowest BCUT2D eigenvalue weighted by atomic mass is 10.2. The Morgan fingerprint density at radius 2 is 2.05 bits per heavy atom. The zero-order valence-corrected chi connectivity index (χ0v) is 12.7. The number of thioether (sulfide) groups is 1. The number of hydrogen-bond acceptors (Lipinski definition) is 6. The van der Waals surface area contributed by atoms with Gasteiger partial charge in [-0.2, -0.15) is 11.8 Å². The Kier molecular flexibility index (Phi) is 3.93. The Labute approximate surface area is 121 Å². The monoisotopic (exact) mass is 298 g/mol. The van der Waals surface area contributed by atoms with Crippen LogP contribution < -0.4 is 4.90 Å². The lowest BCUT2D eigenvalue weighted by molar-refractivity contribution is -0.132. The van der Waals surface area contributed by atoms with Gasteiger partial charge in [0.25, 0.3) is 0 Å². The van der Waals surface area contributed by atoms with Crippen molar-refractivity contribution in [2.24, 2.45) is 0 Å². The quantitative estimate of drug-likeness (QED) is 0.826. The molecule has 1 atom stereocenters. The van der Waals surface area contributed by atoms with Gasteiger partial charge in [-0.05, 0) is 19.8 Å². The number of carbonyl (C=O) groups is 1. The number of nitrogens with zero attached hydrogens (tertiary/aromatic N) is 4. The average molecular weight is 298 g/mol. The fraction of sp³-hybridized carbons (Fsp3) is 0.750. The zero-order chi connectivity index (χ0) is 13.2. The fourth-order valence-electron chi connectivity index (χ4n) is 2.65. The van der Waals surface area contributed by atoms with Gasteiger partial charge in [0.2, 0.25) is 11.0 Å². The number of amides is 1. The predicted molar refractivity (Wildman–Crippen MR) is 78.9 cm³/mol. The Hall–Kier alpha value is -0.820. The van der Waals surface area contributed by atoms with E-state index in [1.54, 1.807) is 11.3 Å². The van der Waals surface area contributed by atoms with Crippen molar-refractivity contribution >= 4 is 34.1 Å². The molecule has 104 valence electrons. The molecule has 7 heteroatoms. The van der Waals surface area contributed by atoms with Gasteiger partial charge in [0.05, 0.1) is 0 Å². The van der Waals surface area contributed by atoms with E-state index in [-0.39, 0.29) is 11.9 Å². The molecule has 2 saturated heterocycles. The molecule has 0 bridgehead atoms. The van der Waals surface area contributed by atoms with Crippen LogP contribution in [-0.2, 0) is 4.79 Å². The van der Waals surface area contributed by atoms with E-state index in [1.807, 2.05) is 23.6 Å². The van der Waals surface area contributed by atoms with Gasteiger partial charge in [0.15, 0.2) is 0 Å². The molecule has 0 saturated carbocycles. The fourth-order valence-corrected chi connectivity index (χ4v) is 4.32. The maximum absolute atomic E-state index is 12.6. The van der Waals surface area contributed by atoms with Gasteiger partial charge >= 0.3 is 0 Å². The van der Waals surface area contributed by atoms with Gasteiger partial charge in [0, 0.05) is 31.1 Å². The summed E-state index contributed by atoms with van der Waals surface area (Å²) >= 11 is 3.51. The normalized spacial score (nSPS) is 23.9. The third-order valence-corrected chi connectivity index (χ3v) is 5.44. The third kappa shape index (κ3) is 2.72. The number of anilines is 1. The summed E-state index contributed by atoms with van der Waals surface area (Å²) in [6, 6.07) is -0.0181. The van der Waals surface area contributed by atoms with Crippen molar-refractivity contribution in [3.05, 3.63) is 5.01 Å². The minimum absolute atomic E-state index is 0.0181. The first-order valence-electron chi connectivity index (χ1n) is 6.69. The van der Waals surface area contributed by atoms with Crippen molar-refractivity contribution in [1.82, 2.24) is 15.1 Å². The van der Waals surface area contributed by atoms with Crippen LogP contribution in [0.5, 0.6) is 0 Å². The number of carbonyl (C=O) groups excluding carboxylic acids is 1. The lowest BCUT2D eigenvalue weighted by Crippen LogP contribution is -2.48. The highest BCUT2D eigenvalue weighted by Crippen LogP contribution is 2.29. The van der Waals surface area contributed by atoms with Crippen molar-refractivity contribution in [3.63, 3.8) is 0 Å². The minimum atomic E-state index is -0.0181. The molecule has 1 amide bonds. The van der Waals surface area contributed by atoms with Crippen molar-refractivity contribution in [1.29, 1.82) is 0 Å². The molecule has 2 fully saturated rings. The predicted octanol–water partition coefficient (Wildman–Crippen LogP) is 1.39. The van der Waals surface area contributed by atoms with E-state index in [9.17, 15) is 4.79 Å². The first kappa shape index (κ1) is 13.2. The van der Waals surface area contributed by atoms with E-state index in [2.05, 4.69) is 15.1 Å². The van der Waals surface area contributed by atoms with Crippen LogP contribution in [0.4, 0.5) is 5.13 Å². The number of rotatable bonds is 2. The highest BCUT2D eigenvalue weighted by atomic mass is 32.2. The lowest BCUT2D eigenvalue weighted by Gasteiger charge is -2.32. The average Bonchev–Trinajstić information content (AvgIpc) is 3.07. The maximum atomic E-state index is 12.6. The molecular formula is C12H18N4OS2. The molecule has 1 unspecified atom stereocenters. The largest absolute Gasteiger partial charge is 0.339 e. The summed E-state index contributed by atoms with van der Waals surface area (Å²) in [5.74, 6) is 2.41. The smallest absolute Gasteiger partial charge is 0.245 e. The molecule has 3 heterocycles. The second-order valence-corrected chi connectivity index (χ2v) is 7.28. The molecule has 19 heavy (non-hydrogen) atoms. The van der Waals surface area contributed by atoms with E-state index in [0.29, 0.717) is 0 Å². The number of aryl methyl sites for hydroxylation is 1. The Morgan fingerprint density at radius 1 is 1.26 bits per heavy atom. The van der Waals surface area contributed by atoms with Crippen LogP contribution in [0.15, 0.2) is 0 Å². The van der Waals surface area contributed by atoms with E-state index in [0.717, 1.165) is 54.1 Å². The second-order valence-electron chi connectivity index (χ2n) is 4.89. The van der Waals surface area contributed by atoms with Crippen LogP contribution in [0, 0.1) is 6.92 Å². The molecule has 0 N–H and O–H groups in total. The van der Waals surface area contributed by atoms with E-state index in [4.69, 9.17) is 0 Å². The molecule has 0 aliphatic carbocycles. The van der Waals surface area contributed by atoms with Crippen LogP contribution in [-0.4, -0.2) is 58.2 Å². The molecule has 0 radical (unpaired) electrons. The van der Waals surface area contributed by atoms with Crippen molar-refractivity contribution < 1.29 is 4.79 Å². The van der Waals surface area contributed by atoms with Crippen LogP contribution in [0.25, 0.3) is 0 Å². The first-order valence-corrected chi connectivity index (χ1v) is 8.66. The molecule has 2 aliphatic rings. The highest BCUT2D eigenvalue weighted by Gasteiger charge is 2.35. The molecule has 0 spiro atoms. The first-order chi connectivity index (χ1) is 9.25. The van der Waals surface area contributed by atoms with E-state index >= 15 is 0 Å². The summed E-state index contributed by atoms with van der Waals surface area (Å²) in [5, 5.41) is 10.1. The molecule has 1 aromatic heterocycles. The van der Waals surface area contributed by atoms with Crippen LogP contribution in [0.1, 0.15) is 17.8 Å². The molecule has 0 aromatic carbocycles. The summed E-state index contributed by atoms with van der Waals surface area (Å²) in [6.07, 6.45) is 2.01. The zero-order valence-electron chi connectivity index (χ0n) is 11.0. The standard InChI is InChI=1S/C12H18N4OS2/c1-9-13-14-12(19-9)16-4-2-3-10(16)11(17)15-5-7-18-8-6-15/h10H,2-8H2,1H3. The Morgan fingerprint density at radius 3 is 2.74 bits per heavy atom. The van der Waals surface area contributed by atoms with Gasteiger partial charge < -0.3 is 9.80 Å². The van der Waals surface area contributed by atoms with Gasteiger partial charge in [-0.25, -0.2) is 0 Å². The second kappa shape index (κ2) is 5.66. The van der Waals surface area contributed by atoms with E-state index < -0.39 is 0 Å². The van der Waals surface area contributed by atoms with Crippen molar-refractivity contribution in [2.45, 2.75) is 25.8 Å². The molecule has 3 rings (SSSR count). The summed E-state index contributed by atoms with van der Waals surface area (Å²) < 4.78 is 0. The van der Waals surface area contributed by atoms with Crippen LogP contribution >= 0.6 is 23.1 Å². The summed E-state index contributed by atoms with van der Waals surface area (Å²) in [4.78, 5) is 16.8. The highest BCUT2D eigenvalue weighted by molar-refractivity contribution is 7.99. The third-order valence-electron chi connectivity index (χ3n) is 3.62. The van der Waals surface area contributed by atoms with Gasteiger partial charge in [-0.1, -0.05) is 11.3 Å². The summed E-state index contributed by atoms with van der Waals surface area (Å²) in [6.45, 7) is 4.66. The maximum Gasteiger partial charge on any atom is 0.245 e. The molecule has 2 aliphatic heterocycles. The summed E-state index contributed by atoms with van der Waals surface area (Å²) in [5.41, 5.74) is 0. The SMILES string of the molecule is Cc1nnc(N2CCCC2C(=O)N2CCSCC2)s1. The molecular weight excluding hydrogens is 280 g/mol. The molecule has 5 nitrogen and oxygen atoms in total. The summed E-state index contributed by atoms with van der Waals surface area (Å²) in [7, 11) is 0. The van der Waals surface area contributed by atoms with Gasteiger partial charge in [-0.3, -0.25) is 4.79 Å². The van der Waals surface area contributed by atoms with Crippen molar-refractivity contribution in [2.75, 3.05) is 36.0 Å². The van der Waals surface area contributed by atoms with Gasteiger partial charge in [-0.15, -0.1) is 10.2 Å². The Balaban J connectivity index is 1.73. The number of aromatic nitrogens is 2. The van der Waals surface area contributed by atoms with Crippen LogP contribution in [0.3, 0.4) is 0 Å². The minimum Gasteiger partial charge on any atom is -0.339 e. The topological polar surface area (TPSA) is 49.3 Å². The number of hydrogen-bond donors (Lipinski definition) is 0. The van der Waals surface area contributed by atoms with E-state index in [1.165, 1.54) is 0 Å². The Bertz CT molecular complexity index is 458. The van der Waals surface area contributed by atoms with Gasteiger partial charge in [0.1, 0.15) is 11.0 Å². The van der Waals surface area contributed by atoms with Crippen molar-refractivity contribution in [3.8, 4) is 0 Å². The van der Waals surface area contributed by atoms with Crippen LogP contribution in [0.2, 0.25) is 0 Å². The molecule has 1 aromatic rings.